The van der Waals surface area contributed by atoms with Gasteiger partial charge >= 0.3 is 0 Å². The molecule has 1 atom stereocenters. The molecule has 0 bridgehead atoms. The summed E-state index contributed by atoms with van der Waals surface area (Å²) in [6.45, 7) is 2.00. The lowest BCUT2D eigenvalue weighted by Gasteiger charge is -2.11. The minimum absolute atomic E-state index is 0.517. The average molecular weight is 214 g/mol. The highest BCUT2D eigenvalue weighted by Crippen LogP contribution is 2.17. The first-order valence-corrected chi connectivity index (χ1v) is 5.26. The summed E-state index contributed by atoms with van der Waals surface area (Å²) >= 11 is 0. The number of nitrogens with zero attached hydrogens (tertiary/aromatic N) is 2. The second-order valence-corrected chi connectivity index (χ2v) is 3.77. The van der Waals surface area contributed by atoms with E-state index in [1.54, 1.807) is 18.6 Å². The Morgan fingerprint density at radius 1 is 1.19 bits per heavy atom. The maximum absolute atomic E-state index is 10.0. The van der Waals surface area contributed by atoms with Gasteiger partial charge in [-0.3, -0.25) is 9.97 Å². The van der Waals surface area contributed by atoms with E-state index in [1.165, 1.54) is 0 Å². The maximum Gasteiger partial charge on any atom is 0.0846 e. The molecule has 0 aliphatic rings. The standard InChI is InChI=1S/C13H14N2O/c1-10-3-2-6-15-12(10)9-13(16)11-4-7-14-8-5-11/h2-8,13,16H,9H2,1H3. The summed E-state index contributed by atoms with van der Waals surface area (Å²) in [5.41, 5.74) is 2.92. The van der Waals surface area contributed by atoms with Crippen molar-refractivity contribution in [1.82, 2.24) is 9.97 Å². The van der Waals surface area contributed by atoms with Crippen LogP contribution >= 0.6 is 0 Å². The summed E-state index contributed by atoms with van der Waals surface area (Å²) < 4.78 is 0. The fraction of sp³-hybridized carbons (Fsp3) is 0.231. The predicted molar refractivity (Wildman–Crippen MR) is 61.9 cm³/mol. The summed E-state index contributed by atoms with van der Waals surface area (Å²) in [5, 5.41) is 10.0. The van der Waals surface area contributed by atoms with Crippen LogP contribution in [0.1, 0.15) is 22.9 Å². The number of hydrogen-bond acceptors (Lipinski definition) is 3. The van der Waals surface area contributed by atoms with Gasteiger partial charge in [0.05, 0.1) is 6.10 Å². The second kappa shape index (κ2) is 4.86. The highest BCUT2D eigenvalue weighted by Gasteiger charge is 2.10. The molecule has 2 aromatic rings. The van der Waals surface area contributed by atoms with E-state index in [0.717, 1.165) is 16.8 Å². The zero-order valence-corrected chi connectivity index (χ0v) is 9.17. The van der Waals surface area contributed by atoms with Crippen molar-refractivity contribution >= 4 is 0 Å². The molecule has 0 amide bonds. The fourth-order valence-corrected chi connectivity index (χ4v) is 1.62. The van der Waals surface area contributed by atoms with Gasteiger partial charge < -0.3 is 5.11 Å². The molecule has 0 radical (unpaired) electrons. The Hall–Kier alpha value is -1.74. The van der Waals surface area contributed by atoms with Gasteiger partial charge in [0, 0.05) is 30.7 Å². The molecular weight excluding hydrogens is 200 g/mol. The van der Waals surface area contributed by atoms with E-state index < -0.39 is 6.10 Å². The Balaban J connectivity index is 2.14. The SMILES string of the molecule is Cc1cccnc1CC(O)c1ccncc1. The van der Waals surface area contributed by atoms with Crippen LogP contribution < -0.4 is 0 Å². The lowest BCUT2D eigenvalue weighted by Crippen LogP contribution is -2.04. The molecule has 1 N–H and O–H groups in total. The van der Waals surface area contributed by atoms with E-state index in [-0.39, 0.29) is 0 Å². The van der Waals surface area contributed by atoms with Crippen molar-refractivity contribution < 1.29 is 5.11 Å². The molecule has 0 saturated heterocycles. The molecule has 0 aliphatic carbocycles. The van der Waals surface area contributed by atoms with Crippen molar-refractivity contribution in [1.29, 1.82) is 0 Å². The van der Waals surface area contributed by atoms with Crippen LogP contribution in [0.5, 0.6) is 0 Å². The first-order chi connectivity index (χ1) is 7.77. The number of aliphatic hydroxyl groups excluding tert-OH is 1. The minimum Gasteiger partial charge on any atom is -0.388 e. The fourth-order valence-electron chi connectivity index (χ4n) is 1.62. The van der Waals surface area contributed by atoms with Crippen molar-refractivity contribution in [2.75, 3.05) is 0 Å². The van der Waals surface area contributed by atoms with E-state index in [4.69, 9.17) is 0 Å². The van der Waals surface area contributed by atoms with Crippen LogP contribution in [0.4, 0.5) is 0 Å². The van der Waals surface area contributed by atoms with Crippen molar-refractivity contribution in [3.8, 4) is 0 Å². The number of pyridine rings is 2. The Bertz CT molecular complexity index is 456. The van der Waals surface area contributed by atoms with Crippen LogP contribution in [0, 0.1) is 6.92 Å². The summed E-state index contributed by atoms with van der Waals surface area (Å²) in [7, 11) is 0. The normalized spacial score (nSPS) is 12.4. The lowest BCUT2D eigenvalue weighted by atomic mass is 10.0. The molecule has 0 aromatic carbocycles. The van der Waals surface area contributed by atoms with Crippen molar-refractivity contribution in [2.24, 2.45) is 0 Å². The largest absolute Gasteiger partial charge is 0.388 e. The zero-order chi connectivity index (χ0) is 11.4. The molecule has 16 heavy (non-hydrogen) atoms. The van der Waals surface area contributed by atoms with Crippen molar-refractivity contribution in [3.63, 3.8) is 0 Å². The van der Waals surface area contributed by atoms with E-state index in [2.05, 4.69) is 9.97 Å². The Kier molecular flexibility index (Phi) is 3.27. The molecule has 0 aliphatic heterocycles. The summed E-state index contributed by atoms with van der Waals surface area (Å²) in [6.07, 6.45) is 5.14. The molecular formula is C13H14N2O. The van der Waals surface area contributed by atoms with Crippen LogP contribution in [0.2, 0.25) is 0 Å². The van der Waals surface area contributed by atoms with Gasteiger partial charge in [0.25, 0.3) is 0 Å². The van der Waals surface area contributed by atoms with Gasteiger partial charge in [-0.15, -0.1) is 0 Å². The molecule has 1 unspecified atom stereocenters. The number of hydrogen-bond donors (Lipinski definition) is 1. The molecule has 2 rings (SSSR count). The maximum atomic E-state index is 10.0. The van der Waals surface area contributed by atoms with Gasteiger partial charge in [-0.05, 0) is 36.2 Å². The second-order valence-electron chi connectivity index (χ2n) is 3.77. The third-order valence-corrected chi connectivity index (χ3v) is 2.60. The van der Waals surface area contributed by atoms with Gasteiger partial charge in [-0.25, -0.2) is 0 Å². The number of aryl methyl sites for hydroxylation is 1. The van der Waals surface area contributed by atoms with E-state index in [9.17, 15) is 5.11 Å². The van der Waals surface area contributed by atoms with E-state index in [0.29, 0.717) is 6.42 Å². The Labute approximate surface area is 94.8 Å². The summed E-state index contributed by atoms with van der Waals surface area (Å²) in [4.78, 5) is 8.19. The quantitative estimate of drug-likeness (QED) is 0.850. The highest BCUT2D eigenvalue weighted by atomic mass is 16.3. The van der Waals surface area contributed by atoms with Crippen molar-refractivity contribution in [2.45, 2.75) is 19.4 Å². The molecule has 0 spiro atoms. The Morgan fingerprint density at radius 3 is 2.62 bits per heavy atom. The summed E-state index contributed by atoms with van der Waals surface area (Å²) in [6, 6.07) is 7.55. The van der Waals surface area contributed by atoms with Crippen LogP contribution in [-0.2, 0) is 6.42 Å². The number of aromatic nitrogens is 2. The topological polar surface area (TPSA) is 46.0 Å². The number of rotatable bonds is 3. The number of aliphatic hydroxyl groups is 1. The van der Waals surface area contributed by atoms with Crippen LogP contribution in [0.3, 0.4) is 0 Å². The minimum atomic E-state index is -0.517. The van der Waals surface area contributed by atoms with Crippen LogP contribution in [0.15, 0.2) is 42.9 Å². The van der Waals surface area contributed by atoms with Gasteiger partial charge in [-0.1, -0.05) is 6.07 Å². The lowest BCUT2D eigenvalue weighted by molar-refractivity contribution is 0.177. The van der Waals surface area contributed by atoms with Crippen LogP contribution in [0.25, 0.3) is 0 Å². The van der Waals surface area contributed by atoms with E-state index >= 15 is 0 Å². The average Bonchev–Trinajstić information content (AvgIpc) is 2.33. The summed E-state index contributed by atoms with van der Waals surface area (Å²) in [5.74, 6) is 0. The van der Waals surface area contributed by atoms with Crippen LogP contribution in [-0.4, -0.2) is 15.1 Å². The van der Waals surface area contributed by atoms with Gasteiger partial charge in [0.2, 0.25) is 0 Å². The highest BCUT2D eigenvalue weighted by molar-refractivity contribution is 5.21. The van der Waals surface area contributed by atoms with Gasteiger partial charge in [0.1, 0.15) is 0 Å². The molecule has 3 nitrogen and oxygen atoms in total. The molecule has 82 valence electrons. The first kappa shape index (κ1) is 10.8. The smallest absolute Gasteiger partial charge is 0.0846 e. The predicted octanol–water partition coefficient (Wildman–Crippen LogP) is 2.06. The molecule has 0 saturated carbocycles. The van der Waals surface area contributed by atoms with Crippen molar-refractivity contribution in [3.05, 3.63) is 59.7 Å². The third kappa shape index (κ3) is 2.44. The first-order valence-electron chi connectivity index (χ1n) is 5.26. The van der Waals surface area contributed by atoms with Gasteiger partial charge in [-0.2, -0.15) is 0 Å². The molecule has 0 fully saturated rings. The van der Waals surface area contributed by atoms with E-state index in [1.807, 2.05) is 31.2 Å². The molecule has 2 heterocycles. The third-order valence-electron chi connectivity index (χ3n) is 2.60. The van der Waals surface area contributed by atoms with Gasteiger partial charge in [0.15, 0.2) is 0 Å². The zero-order valence-electron chi connectivity index (χ0n) is 9.17. The monoisotopic (exact) mass is 214 g/mol. The molecule has 2 aromatic heterocycles. The molecule has 3 heteroatoms. The Morgan fingerprint density at radius 2 is 1.94 bits per heavy atom.